The first kappa shape index (κ1) is 38.7. The first-order valence-corrected chi connectivity index (χ1v) is 22.7. The van der Waals surface area contributed by atoms with E-state index in [4.69, 9.17) is 18.3 Å². The Labute approximate surface area is 288 Å². The molecule has 46 heavy (non-hydrogen) atoms. The van der Waals surface area contributed by atoms with E-state index in [0.29, 0.717) is 18.6 Å². The average molecular weight is 790 g/mol. The van der Waals surface area contributed by atoms with Gasteiger partial charge in [-0.1, -0.05) is 55.4 Å². The topological polar surface area (TPSA) is 135 Å². The van der Waals surface area contributed by atoms with E-state index in [1.54, 1.807) is 12.1 Å². The zero-order valence-corrected chi connectivity index (χ0v) is 33.5. The van der Waals surface area contributed by atoms with Crippen LogP contribution in [0, 0.1) is 19.6 Å². The molecule has 0 aliphatic carbocycles. The van der Waals surface area contributed by atoms with Gasteiger partial charge in [0, 0.05) is 22.3 Å². The Morgan fingerprint density at radius 2 is 1.70 bits per heavy atom. The van der Waals surface area contributed by atoms with Crippen LogP contribution in [0.1, 0.15) is 85.3 Å². The summed E-state index contributed by atoms with van der Waals surface area (Å²) in [6.07, 6.45) is -0.164. The number of nitrogens with zero attached hydrogens (tertiary/aromatic N) is 2. The van der Waals surface area contributed by atoms with E-state index >= 15 is 0 Å². The number of nitro groups is 1. The predicted molar refractivity (Wildman–Crippen MR) is 193 cm³/mol. The molecule has 1 saturated heterocycles. The molecule has 4 atom stereocenters. The molecule has 3 rings (SSSR count). The van der Waals surface area contributed by atoms with Gasteiger partial charge in [-0.25, -0.2) is 4.79 Å². The molecule has 258 valence electrons. The highest BCUT2D eigenvalue weighted by molar-refractivity contribution is 14.1. The van der Waals surface area contributed by atoms with Crippen LogP contribution in [0.4, 0.5) is 5.69 Å². The van der Waals surface area contributed by atoms with E-state index in [-0.39, 0.29) is 40.0 Å². The highest BCUT2D eigenvalue weighted by atomic mass is 127. The highest BCUT2D eigenvalue weighted by Crippen LogP contribution is 2.42. The number of nitrogens with one attached hydrogen (secondary N) is 1. The van der Waals surface area contributed by atoms with Gasteiger partial charge in [0.1, 0.15) is 12.3 Å². The van der Waals surface area contributed by atoms with Gasteiger partial charge < -0.3 is 18.3 Å². The Bertz CT molecular complexity index is 1510. The minimum Gasteiger partial charge on any atom is -0.414 e. The summed E-state index contributed by atoms with van der Waals surface area (Å²) in [6.45, 7) is 25.9. The van der Waals surface area contributed by atoms with Crippen LogP contribution in [0.2, 0.25) is 36.3 Å². The lowest BCUT2D eigenvalue weighted by molar-refractivity contribution is -0.386. The number of H-pyrrole nitrogens is 1. The molecule has 0 amide bonds. The van der Waals surface area contributed by atoms with Gasteiger partial charge in [-0.15, -0.1) is 0 Å². The highest BCUT2D eigenvalue weighted by Gasteiger charge is 2.47. The van der Waals surface area contributed by atoms with Crippen molar-refractivity contribution in [2.45, 2.75) is 129 Å². The van der Waals surface area contributed by atoms with E-state index in [1.165, 1.54) is 16.8 Å². The van der Waals surface area contributed by atoms with Gasteiger partial charge in [0.05, 0.1) is 41.5 Å². The molecule has 2 aromatic rings. The third-order valence-electron chi connectivity index (χ3n) is 9.72. The van der Waals surface area contributed by atoms with Gasteiger partial charge in [-0.05, 0) is 76.9 Å². The van der Waals surface area contributed by atoms with Crippen LogP contribution in [0.25, 0.3) is 0 Å². The minimum absolute atomic E-state index is 0.0119. The lowest BCUT2D eigenvalue weighted by Crippen LogP contribution is -2.48. The van der Waals surface area contributed by atoms with Crippen molar-refractivity contribution in [2.75, 3.05) is 6.61 Å². The second-order valence-corrected chi connectivity index (χ2v) is 26.4. The molecule has 1 aromatic carbocycles. The maximum atomic E-state index is 13.2. The fourth-order valence-corrected chi connectivity index (χ4v) is 7.63. The number of aromatic nitrogens is 2. The van der Waals surface area contributed by atoms with Crippen molar-refractivity contribution in [3.8, 4) is 0 Å². The van der Waals surface area contributed by atoms with Crippen LogP contribution in [0.15, 0.2) is 34.0 Å². The molecular weight excluding hydrogens is 737 g/mol. The molecule has 0 radical (unpaired) electrons. The average Bonchev–Trinajstić information content (AvgIpc) is 3.29. The maximum absolute atomic E-state index is 13.2. The van der Waals surface area contributed by atoms with Crippen molar-refractivity contribution in [2.24, 2.45) is 5.92 Å². The van der Waals surface area contributed by atoms with Crippen molar-refractivity contribution in [1.29, 1.82) is 0 Å². The lowest BCUT2D eigenvalue weighted by atomic mass is 9.97. The Morgan fingerprint density at radius 1 is 1.09 bits per heavy atom. The van der Waals surface area contributed by atoms with Crippen LogP contribution in [-0.4, -0.2) is 49.9 Å². The monoisotopic (exact) mass is 789 g/mol. The summed E-state index contributed by atoms with van der Waals surface area (Å²) < 4.78 is 28.2. The van der Waals surface area contributed by atoms with Crippen LogP contribution in [-0.2, 0) is 24.9 Å². The summed E-state index contributed by atoms with van der Waals surface area (Å²) in [5, 5.41) is 11.8. The van der Waals surface area contributed by atoms with Crippen molar-refractivity contribution in [1.82, 2.24) is 9.55 Å². The number of aromatic amines is 1. The minimum atomic E-state index is -2.21. The second-order valence-electron chi connectivity index (χ2n) is 15.6. The van der Waals surface area contributed by atoms with Gasteiger partial charge in [-0.2, -0.15) is 0 Å². The molecule has 1 aromatic heterocycles. The first-order chi connectivity index (χ1) is 20.9. The summed E-state index contributed by atoms with van der Waals surface area (Å²) in [6, 6.07) is 4.99. The number of ether oxygens (including phenoxy) is 2. The third-order valence-corrected chi connectivity index (χ3v) is 19.4. The SMILES string of the molecule is CC(C)[C@@H](OCc1cn([C@H]2C[C@H](O[Si](C)(C)C(C)(C)C)[C@@H](CO[Si](C)(C)C(C)(C)C)O2)c(=O)[nH]c1=O)c1ccc(I)cc1[N+](=O)[O-]. The summed E-state index contributed by atoms with van der Waals surface area (Å²) in [5.41, 5.74) is -0.567. The Morgan fingerprint density at radius 3 is 2.24 bits per heavy atom. The Balaban J connectivity index is 1.92. The van der Waals surface area contributed by atoms with Gasteiger partial charge in [0.25, 0.3) is 11.2 Å². The Hall–Kier alpha value is -1.70. The van der Waals surface area contributed by atoms with Gasteiger partial charge in [0.15, 0.2) is 16.6 Å². The number of rotatable bonds is 12. The van der Waals surface area contributed by atoms with Crippen molar-refractivity contribution in [3.63, 3.8) is 0 Å². The van der Waals surface area contributed by atoms with Crippen molar-refractivity contribution < 1.29 is 23.2 Å². The van der Waals surface area contributed by atoms with E-state index in [9.17, 15) is 19.7 Å². The van der Waals surface area contributed by atoms with Crippen molar-refractivity contribution in [3.05, 3.63) is 70.0 Å². The molecule has 0 saturated carbocycles. The number of benzene rings is 1. The van der Waals surface area contributed by atoms with E-state index < -0.39 is 51.2 Å². The molecule has 0 spiro atoms. The molecule has 14 heteroatoms. The molecule has 0 unspecified atom stereocenters. The molecular formula is C32H52IN3O8Si2. The summed E-state index contributed by atoms with van der Waals surface area (Å²) in [5.74, 6) is -0.128. The van der Waals surface area contributed by atoms with Crippen molar-refractivity contribution >= 4 is 44.9 Å². The Kier molecular flexibility index (Phi) is 12.1. The summed E-state index contributed by atoms with van der Waals surface area (Å²) >= 11 is 2.03. The van der Waals surface area contributed by atoms with E-state index in [2.05, 4.69) is 72.7 Å². The summed E-state index contributed by atoms with van der Waals surface area (Å²) in [7, 11) is -4.31. The summed E-state index contributed by atoms with van der Waals surface area (Å²) in [4.78, 5) is 39.9. The number of hydrogen-bond donors (Lipinski definition) is 1. The normalized spacial score (nSPS) is 20.3. The predicted octanol–water partition coefficient (Wildman–Crippen LogP) is 7.66. The van der Waals surface area contributed by atoms with Gasteiger partial charge >= 0.3 is 5.69 Å². The van der Waals surface area contributed by atoms with Crippen LogP contribution < -0.4 is 11.2 Å². The zero-order chi connectivity index (χ0) is 35.0. The largest absolute Gasteiger partial charge is 0.414 e. The van der Waals surface area contributed by atoms with E-state index in [0.717, 1.165) is 3.57 Å². The van der Waals surface area contributed by atoms with Crippen LogP contribution in [0.3, 0.4) is 0 Å². The molecule has 1 N–H and O–H groups in total. The maximum Gasteiger partial charge on any atom is 0.330 e. The van der Waals surface area contributed by atoms with Crippen LogP contribution in [0.5, 0.6) is 0 Å². The number of nitro benzene ring substituents is 1. The molecule has 2 heterocycles. The van der Waals surface area contributed by atoms with E-state index in [1.807, 2.05) is 36.4 Å². The molecule has 11 nitrogen and oxygen atoms in total. The number of halogens is 1. The second kappa shape index (κ2) is 14.4. The fourth-order valence-electron chi connectivity index (χ4n) is 4.79. The fraction of sp³-hybridized carbons (Fsp3) is 0.688. The molecule has 0 bridgehead atoms. The molecule has 1 aliphatic rings. The smallest absolute Gasteiger partial charge is 0.330 e. The quantitative estimate of drug-likeness (QED) is 0.100. The standard InChI is InChI=1S/C32H52IN3O8Si2/c1-20(2)28(23-14-13-22(33)15-24(23)36(39)40)41-18-21-17-35(30(38)34-29(21)37)27-16-25(44-46(11,12)32(6,7)8)26(43-27)19-42-45(9,10)31(3,4)5/h13-15,17,20,25-28H,16,18-19H2,1-12H3,(H,34,37,38)/t25-,26+,27+,28+/m0/s1. The number of hydrogen-bond acceptors (Lipinski definition) is 8. The third kappa shape index (κ3) is 9.05. The van der Waals surface area contributed by atoms with Crippen LogP contribution >= 0.6 is 22.6 Å². The first-order valence-electron chi connectivity index (χ1n) is 15.8. The van der Waals surface area contributed by atoms with Gasteiger partial charge in [-0.3, -0.25) is 24.5 Å². The molecule has 1 aliphatic heterocycles. The van der Waals surface area contributed by atoms with Gasteiger partial charge in [0.2, 0.25) is 0 Å². The lowest BCUT2D eigenvalue weighted by Gasteiger charge is -2.40. The molecule has 1 fully saturated rings. The zero-order valence-electron chi connectivity index (χ0n) is 29.4.